The molecule has 9 heteroatoms. The van der Waals surface area contributed by atoms with Crippen LogP contribution in [0.5, 0.6) is 5.88 Å². The average Bonchev–Trinajstić information content (AvgIpc) is 3.24. The van der Waals surface area contributed by atoms with E-state index in [4.69, 9.17) is 26.3 Å². The number of carboxylic acids is 1. The van der Waals surface area contributed by atoms with Gasteiger partial charge in [-0.2, -0.15) is 0 Å². The van der Waals surface area contributed by atoms with Gasteiger partial charge in [-0.3, -0.25) is 4.90 Å². The molecule has 4 aromatic rings. The second-order valence-electron chi connectivity index (χ2n) is 9.26. The molecule has 1 saturated heterocycles. The Bertz CT molecular complexity index is 1430. The van der Waals surface area contributed by atoms with Gasteiger partial charge < -0.3 is 14.4 Å². The summed E-state index contributed by atoms with van der Waals surface area (Å²) in [6.45, 7) is 5.38. The fourth-order valence-corrected chi connectivity index (χ4v) is 5.05. The van der Waals surface area contributed by atoms with Crippen LogP contribution in [0.4, 0.5) is 4.39 Å². The molecule has 1 aliphatic heterocycles. The zero-order valence-corrected chi connectivity index (χ0v) is 21.3. The lowest BCUT2D eigenvalue weighted by molar-refractivity contribution is 0.0697. The molecule has 0 unspecified atom stereocenters. The number of likely N-dealkylation sites (tertiary alicyclic amines) is 1. The van der Waals surface area contributed by atoms with Gasteiger partial charge in [-0.05, 0) is 69.3 Å². The molecule has 1 N–H and O–H groups in total. The Morgan fingerprint density at radius 1 is 1.14 bits per heavy atom. The van der Waals surface area contributed by atoms with Gasteiger partial charge in [0.25, 0.3) is 0 Å². The lowest BCUT2D eigenvalue weighted by Crippen LogP contribution is -2.33. The minimum atomic E-state index is -0.936. The van der Waals surface area contributed by atoms with Crippen molar-refractivity contribution in [2.24, 2.45) is 0 Å². The van der Waals surface area contributed by atoms with Crippen molar-refractivity contribution < 1.29 is 19.0 Å². The number of piperidine rings is 1. The summed E-state index contributed by atoms with van der Waals surface area (Å²) in [7, 11) is 0. The molecule has 7 nitrogen and oxygen atoms in total. The maximum atomic E-state index is 14.1. The Labute approximate surface area is 219 Å². The first kappa shape index (κ1) is 25.2. The van der Waals surface area contributed by atoms with Gasteiger partial charge in [0.05, 0.1) is 23.1 Å². The van der Waals surface area contributed by atoms with Gasteiger partial charge in [0.2, 0.25) is 5.88 Å². The summed E-state index contributed by atoms with van der Waals surface area (Å²) < 4.78 is 21.9. The van der Waals surface area contributed by atoms with Crippen LogP contribution in [0.3, 0.4) is 0 Å². The number of nitrogens with zero attached hydrogens (tertiary/aromatic N) is 4. The number of benzene rings is 2. The van der Waals surface area contributed by atoms with Crippen molar-refractivity contribution in [3.8, 4) is 5.88 Å². The summed E-state index contributed by atoms with van der Waals surface area (Å²) in [6, 6.07) is 15.4. The molecule has 2 aromatic carbocycles. The van der Waals surface area contributed by atoms with E-state index < -0.39 is 11.8 Å². The third-order valence-electron chi connectivity index (χ3n) is 6.90. The maximum absolute atomic E-state index is 14.1. The van der Waals surface area contributed by atoms with Crippen molar-refractivity contribution in [1.29, 1.82) is 0 Å². The van der Waals surface area contributed by atoms with E-state index in [0.717, 1.165) is 55.0 Å². The molecule has 0 spiro atoms. The van der Waals surface area contributed by atoms with Crippen molar-refractivity contribution in [1.82, 2.24) is 19.4 Å². The fraction of sp³-hybridized carbons (Fsp3) is 0.321. The lowest BCUT2D eigenvalue weighted by atomic mass is 9.93. The van der Waals surface area contributed by atoms with Gasteiger partial charge >= 0.3 is 5.97 Å². The van der Waals surface area contributed by atoms with Crippen LogP contribution in [-0.4, -0.2) is 43.6 Å². The number of fused-ring (bicyclic) bond motifs is 1. The van der Waals surface area contributed by atoms with Crippen molar-refractivity contribution in [2.45, 2.75) is 45.4 Å². The van der Waals surface area contributed by atoms with Crippen LogP contribution in [0.2, 0.25) is 5.02 Å². The molecule has 3 heterocycles. The van der Waals surface area contributed by atoms with Gasteiger partial charge in [0, 0.05) is 34.8 Å². The van der Waals surface area contributed by atoms with Crippen LogP contribution in [-0.2, 0) is 19.7 Å². The fourth-order valence-electron chi connectivity index (χ4n) is 4.90. The first-order valence-corrected chi connectivity index (χ1v) is 12.8. The number of hydrogen-bond acceptors (Lipinski definition) is 5. The van der Waals surface area contributed by atoms with Crippen LogP contribution in [0, 0.1) is 5.82 Å². The van der Waals surface area contributed by atoms with Crippen LogP contribution in [0.25, 0.3) is 11.0 Å². The monoisotopic (exact) mass is 522 g/mol. The first-order valence-electron chi connectivity index (χ1n) is 12.4. The topological polar surface area (TPSA) is 80.5 Å². The molecule has 5 rings (SSSR count). The molecule has 0 bridgehead atoms. The van der Waals surface area contributed by atoms with Crippen molar-refractivity contribution in [2.75, 3.05) is 13.1 Å². The molecular weight excluding hydrogens is 495 g/mol. The number of imidazole rings is 1. The van der Waals surface area contributed by atoms with Gasteiger partial charge in [-0.15, -0.1) is 0 Å². The number of ether oxygens (including phenoxy) is 1. The van der Waals surface area contributed by atoms with E-state index in [1.54, 1.807) is 36.4 Å². The molecule has 0 saturated carbocycles. The minimum absolute atomic E-state index is 0.0876. The van der Waals surface area contributed by atoms with E-state index in [1.807, 2.05) is 19.1 Å². The smallest absolute Gasteiger partial charge is 0.335 e. The summed E-state index contributed by atoms with van der Waals surface area (Å²) in [5, 5.41) is 9.70. The van der Waals surface area contributed by atoms with Gasteiger partial charge in [0.1, 0.15) is 18.2 Å². The number of halogens is 2. The molecule has 1 fully saturated rings. The second kappa shape index (κ2) is 10.9. The largest absolute Gasteiger partial charge is 0.478 e. The summed E-state index contributed by atoms with van der Waals surface area (Å²) in [6.07, 6.45) is 1.91. The Morgan fingerprint density at radius 2 is 1.95 bits per heavy atom. The van der Waals surface area contributed by atoms with E-state index in [-0.39, 0.29) is 12.2 Å². The number of carbonyl (C=O) groups is 1. The molecule has 0 aliphatic carbocycles. The molecular formula is C28H28ClFN4O3. The van der Waals surface area contributed by atoms with Crippen LogP contribution >= 0.6 is 11.6 Å². The van der Waals surface area contributed by atoms with Crippen molar-refractivity contribution in [3.05, 3.63) is 88.1 Å². The lowest BCUT2D eigenvalue weighted by Gasteiger charge is -2.31. The Balaban J connectivity index is 1.21. The third kappa shape index (κ3) is 5.60. The molecule has 37 heavy (non-hydrogen) atoms. The van der Waals surface area contributed by atoms with Gasteiger partial charge in [-0.25, -0.2) is 19.2 Å². The van der Waals surface area contributed by atoms with Crippen LogP contribution in [0.15, 0.2) is 54.6 Å². The highest BCUT2D eigenvalue weighted by atomic mass is 35.5. The van der Waals surface area contributed by atoms with E-state index in [0.29, 0.717) is 28.9 Å². The number of carboxylic acid groups (broad SMARTS) is 1. The normalized spacial score (nSPS) is 14.8. The van der Waals surface area contributed by atoms with E-state index in [2.05, 4.69) is 9.47 Å². The maximum Gasteiger partial charge on any atom is 0.335 e. The standard InChI is InChI=1S/C28H28ClFN4O3/c1-2-34-25-14-19(28(35)36)7-9-24(25)31-26(34)16-33-12-10-18(11-13-33)23-4-3-5-27(32-23)37-17-20-6-8-21(29)15-22(20)30/h3-9,14-15,18H,2,10-13,16-17H2,1H3,(H,35,36). The van der Waals surface area contributed by atoms with E-state index >= 15 is 0 Å². The number of pyridine rings is 1. The van der Waals surface area contributed by atoms with Gasteiger partial charge in [-0.1, -0.05) is 23.7 Å². The summed E-state index contributed by atoms with van der Waals surface area (Å²) in [4.78, 5) is 23.3. The number of rotatable bonds is 8. The Hall–Kier alpha value is -3.49. The highest BCUT2D eigenvalue weighted by molar-refractivity contribution is 6.30. The van der Waals surface area contributed by atoms with E-state index in [9.17, 15) is 14.3 Å². The van der Waals surface area contributed by atoms with E-state index in [1.165, 1.54) is 6.07 Å². The predicted molar refractivity (Wildman–Crippen MR) is 140 cm³/mol. The number of aromatic carboxylic acids is 1. The quantitative estimate of drug-likeness (QED) is 0.310. The SMILES string of the molecule is CCn1c(CN2CCC(c3cccc(OCc4ccc(Cl)cc4F)n3)CC2)nc2ccc(C(=O)O)cc21. The number of aryl methyl sites for hydroxylation is 1. The van der Waals surface area contributed by atoms with Gasteiger partial charge in [0.15, 0.2) is 0 Å². The second-order valence-corrected chi connectivity index (χ2v) is 9.69. The first-order chi connectivity index (χ1) is 17.9. The summed E-state index contributed by atoms with van der Waals surface area (Å²) >= 11 is 5.83. The minimum Gasteiger partial charge on any atom is -0.478 e. The van der Waals surface area contributed by atoms with Crippen molar-refractivity contribution in [3.63, 3.8) is 0 Å². The van der Waals surface area contributed by atoms with Crippen molar-refractivity contribution >= 4 is 28.6 Å². The molecule has 192 valence electrons. The highest BCUT2D eigenvalue weighted by Crippen LogP contribution is 2.29. The summed E-state index contributed by atoms with van der Waals surface area (Å²) in [5.41, 5.74) is 3.35. The predicted octanol–water partition coefficient (Wildman–Crippen LogP) is 5.90. The van der Waals surface area contributed by atoms with Crippen LogP contribution in [0.1, 0.15) is 53.1 Å². The molecule has 0 atom stereocenters. The molecule has 2 aromatic heterocycles. The molecule has 0 amide bonds. The van der Waals surface area contributed by atoms with Crippen LogP contribution < -0.4 is 4.74 Å². The highest BCUT2D eigenvalue weighted by Gasteiger charge is 2.24. The number of aromatic nitrogens is 3. The zero-order valence-electron chi connectivity index (χ0n) is 20.5. The molecule has 1 aliphatic rings. The zero-order chi connectivity index (χ0) is 25.9. The number of hydrogen-bond donors (Lipinski definition) is 1. The Morgan fingerprint density at radius 3 is 2.68 bits per heavy atom. The third-order valence-corrected chi connectivity index (χ3v) is 7.13. The summed E-state index contributed by atoms with van der Waals surface area (Å²) in [5.74, 6) is 0.410. The molecule has 0 radical (unpaired) electrons. The Kier molecular flexibility index (Phi) is 7.39. The average molecular weight is 523 g/mol.